The molecule has 0 heterocycles. The fourth-order valence-electron chi connectivity index (χ4n) is 2.47. The Morgan fingerprint density at radius 1 is 1.21 bits per heavy atom. The highest BCUT2D eigenvalue weighted by atomic mass is 16.3. The number of hydrogen-bond donors (Lipinski definition) is 2. The lowest BCUT2D eigenvalue weighted by molar-refractivity contribution is 0.0459. The van der Waals surface area contributed by atoms with E-state index in [4.69, 9.17) is 5.11 Å². The molecule has 4 atom stereocenters. The van der Waals surface area contributed by atoms with Crippen LogP contribution in [0.15, 0.2) is 0 Å². The van der Waals surface area contributed by atoms with E-state index >= 15 is 0 Å². The van der Waals surface area contributed by atoms with Crippen LogP contribution in [0.2, 0.25) is 0 Å². The first-order valence-electron chi connectivity index (χ1n) is 5.94. The van der Waals surface area contributed by atoms with Gasteiger partial charge in [0.1, 0.15) is 0 Å². The van der Waals surface area contributed by atoms with E-state index in [-0.39, 0.29) is 12.7 Å². The Balaban J connectivity index is 2.30. The molecule has 1 fully saturated rings. The van der Waals surface area contributed by atoms with Gasteiger partial charge in [-0.15, -0.1) is 0 Å². The van der Waals surface area contributed by atoms with Gasteiger partial charge < -0.3 is 10.2 Å². The molecule has 4 unspecified atom stereocenters. The summed E-state index contributed by atoms with van der Waals surface area (Å²) in [4.78, 5) is 0. The van der Waals surface area contributed by atoms with Crippen LogP contribution in [0.1, 0.15) is 46.0 Å². The van der Waals surface area contributed by atoms with Crippen LogP contribution in [0.3, 0.4) is 0 Å². The maximum atomic E-state index is 9.90. The van der Waals surface area contributed by atoms with Gasteiger partial charge >= 0.3 is 0 Å². The van der Waals surface area contributed by atoms with Gasteiger partial charge in [-0.25, -0.2) is 0 Å². The van der Waals surface area contributed by atoms with Gasteiger partial charge in [-0.05, 0) is 43.4 Å². The normalized spacial score (nSPS) is 35.6. The molecule has 1 aliphatic rings. The van der Waals surface area contributed by atoms with Crippen molar-refractivity contribution in [1.29, 1.82) is 0 Å². The predicted molar refractivity (Wildman–Crippen MR) is 58.0 cm³/mol. The van der Waals surface area contributed by atoms with Gasteiger partial charge in [0.15, 0.2) is 0 Å². The van der Waals surface area contributed by atoms with Gasteiger partial charge in [0, 0.05) is 6.61 Å². The fourth-order valence-corrected chi connectivity index (χ4v) is 2.47. The van der Waals surface area contributed by atoms with E-state index in [0.717, 1.165) is 37.5 Å². The summed E-state index contributed by atoms with van der Waals surface area (Å²) in [5.41, 5.74) is 0. The molecule has 1 saturated carbocycles. The highest BCUT2D eigenvalue weighted by molar-refractivity contribution is 4.79. The second-order valence-electron chi connectivity index (χ2n) is 4.96. The van der Waals surface area contributed by atoms with Crippen LogP contribution in [-0.4, -0.2) is 22.9 Å². The van der Waals surface area contributed by atoms with Gasteiger partial charge in [-0.2, -0.15) is 0 Å². The molecule has 2 nitrogen and oxygen atoms in total. The van der Waals surface area contributed by atoms with Crippen LogP contribution in [0.25, 0.3) is 0 Å². The van der Waals surface area contributed by atoms with Gasteiger partial charge in [0.25, 0.3) is 0 Å². The third-order valence-corrected chi connectivity index (χ3v) is 3.84. The minimum Gasteiger partial charge on any atom is -0.396 e. The summed E-state index contributed by atoms with van der Waals surface area (Å²) in [6, 6.07) is 0. The van der Waals surface area contributed by atoms with E-state index in [1.54, 1.807) is 0 Å². The minimum absolute atomic E-state index is 0.183. The fraction of sp³-hybridized carbons (Fsp3) is 1.00. The van der Waals surface area contributed by atoms with Gasteiger partial charge in [0.05, 0.1) is 6.10 Å². The third kappa shape index (κ3) is 3.25. The van der Waals surface area contributed by atoms with Crippen molar-refractivity contribution < 1.29 is 10.2 Å². The molecule has 84 valence electrons. The number of aliphatic hydroxyl groups is 2. The quantitative estimate of drug-likeness (QED) is 0.730. The van der Waals surface area contributed by atoms with E-state index in [9.17, 15) is 5.11 Å². The molecule has 0 aromatic rings. The maximum absolute atomic E-state index is 9.90. The van der Waals surface area contributed by atoms with Gasteiger partial charge in [-0.3, -0.25) is 0 Å². The van der Waals surface area contributed by atoms with Gasteiger partial charge in [-0.1, -0.05) is 20.3 Å². The maximum Gasteiger partial charge on any atom is 0.0569 e. The molecule has 1 aliphatic carbocycles. The molecule has 1 rings (SSSR count). The molecular weight excluding hydrogens is 176 g/mol. The molecule has 0 radical (unpaired) electrons. The Bertz CT molecular complexity index is 158. The Hall–Kier alpha value is -0.0800. The molecule has 0 aromatic carbocycles. The SMILES string of the molecule is CC1CCC(C(O)CCCO)CC1C. The number of aliphatic hydroxyl groups excluding tert-OH is 2. The van der Waals surface area contributed by atoms with Crippen LogP contribution < -0.4 is 0 Å². The van der Waals surface area contributed by atoms with Crippen molar-refractivity contribution in [2.75, 3.05) is 6.61 Å². The zero-order valence-corrected chi connectivity index (χ0v) is 9.45. The molecule has 0 amide bonds. The van der Waals surface area contributed by atoms with E-state index in [2.05, 4.69) is 13.8 Å². The molecule has 0 bridgehead atoms. The summed E-state index contributed by atoms with van der Waals surface area (Å²) in [5, 5.41) is 18.6. The van der Waals surface area contributed by atoms with Crippen molar-refractivity contribution in [2.45, 2.75) is 52.1 Å². The van der Waals surface area contributed by atoms with Crippen LogP contribution in [0.4, 0.5) is 0 Å². The van der Waals surface area contributed by atoms with E-state index < -0.39 is 0 Å². The van der Waals surface area contributed by atoms with Crippen molar-refractivity contribution in [3.8, 4) is 0 Å². The number of rotatable bonds is 4. The van der Waals surface area contributed by atoms with Crippen molar-refractivity contribution >= 4 is 0 Å². The summed E-state index contributed by atoms with van der Waals surface area (Å²) in [6.07, 6.45) is 4.90. The van der Waals surface area contributed by atoms with Crippen molar-refractivity contribution in [3.05, 3.63) is 0 Å². The van der Waals surface area contributed by atoms with E-state index in [0.29, 0.717) is 5.92 Å². The van der Waals surface area contributed by atoms with Crippen LogP contribution in [0.5, 0.6) is 0 Å². The Morgan fingerprint density at radius 3 is 2.50 bits per heavy atom. The van der Waals surface area contributed by atoms with Crippen molar-refractivity contribution in [1.82, 2.24) is 0 Å². The standard InChI is InChI=1S/C12H24O2/c1-9-5-6-11(8-10(9)2)12(14)4-3-7-13/h9-14H,3-8H2,1-2H3. The van der Waals surface area contributed by atoms with Crippen LogP contribution in [0, 0.1) is 17.8 Å². The molecule has 14 heavy (non-hydrogen) atoms. The summed E-state index contributed by atoms with van der Waals surface area (Å²) >= 11 is 0. The average Bonchev–Trinajstić information content (AvgIpc) is 2.18. The van der Waals surface area contributed by atoms with Gasteiger partial charge in [0.2, 0.25) is 0 Å². The molecule has 2 N–H and O–H groups in total. The smallest absolute Gasteiger partial charge is 0.0569 e. The first kappa shape index (κ1) is 12.0. The monoisotopic (exact) mass is 200 g/mol. The highest BCUT2D eigenvalue weighted by Gasteiger charge is 2.28. The largest absolute Gasteiger partial charge is 0.396 e. The first-order chi connectivity index (χ1) is 6.65. The molecule has 0 aromatic heterocycles. The lowest BCUT2D eigenvalue weighted by atomic mass is 9.73. The number of hydrogen-bond acceptors (Lipinski definition) is 2. The minimum atomic E-state index is -0.183. The highest BCUT2D eigenvalue weighted by Crippen LogP contribution is 2.35. The van der Waals surface area contributed by atoms with Crippen molar-refractivity contribution in [2.24, 2.45) is 17.8 Å². The second kappa shape index (κ2) is 5.72. The summed E-state index contributed by atoms with van der Waals surface area (Å²) in [7, 11) is 0. The molecule has 0 aliphatic heterocycles. The second-order valence-corrected chi connectivity index (χ2v) is 4.96. The zero-order chi connectivity index (χ0) is 10.6. The van der Waals surface area contributed by atoms with E-state index in [1.165, 1.54) is 6.42 Å². The summed E-state index contributed by atoms with van der Waals surface area (Å²) < 4.78 is 0. The third-order valence-electron chi connectivity index (χ3n) is 3.84. The summed E-state index contributed by atoms with van der Waals surface area (Å²) in [6.45, 7) is 4.80. The zero-order valence-electron chi connectivity index (χ0n) is 9.45. The topological polar surface area (TPSA) is 40.5 Å². The van der Waals surface area contributed by atoms with Crippen molar-refractivity contribution in [3.63, 3.8) is 0 Å². The Morgan fingerprint density at radius 2 is 1.93 bits per heavy atom. The Labute approximate surface area is 87.3 Å². The lowest BCUT2D eigenvalue weighted by Crippen LogP contribution is -2.29. The Kier molecular flexibility index (Phi) is 4.90. The predicted octanol–water partition coefficient (Wildman–Crippen LogP) is 2.19. The first-order valence-corrected chi connectivity index (χ1v) is 5.94. The van der Waals surface area contributed by atoms with Crippen LogP contribution >= 0.6 is 0 Å². The molecule has 0 saturated heterocycles. The summed E-state index contributed by atoms with van der Waals surface area (Å²) in [5.74, 6) is 2.04. The lowest BCUT2D eigenvalue weighted by Gasteiger charge is -2.34. The van der Waals surface area contributed by atoms with Crippen LogP contribution in [-0.2, 0) is 0 Å². The molecular formula is C12H24O2. The molecule has 0 spiro atoms. The molecule has 2 heteroatoms. The average molecular weight is 200 g/mol. The van der Waals surface area contributed by atoms with E-state index in [1.807, 2.05) is 0 Å².